The van der Waals surface area contributed by atoms with E-state index in [9.17, 15) is 4.79 Å². The molecule has 2 aromatic heterocycles. The summed E-state index contributed by atoms with van der Waals surface area (Å²) in [4.78, 5) is 21.5. The summed E-state index contributed by atoms with van der Waals surface area (Å²) in [5, 5.41) is 4.62. The molecule has 21 heavy (non-hydrogen) atoms. The first kappa shape index (κ1) is 13.9. The lowest BCUT2D eigenvalue weighted by molar-refractivity contribution is 0.103. The van der Waals surface area contributed by atoms with E-state index in [1.54, 1.807) is 5.51 Å². The van der Waals surface area contributed by atoms with Crippen LogP contribution in [0.1, 0.15) is 21.1 Å². The number of aromatic nitrogens is 2. The van der Waals surface area contributed by atoms with Crippen molar-refractivity contribution in [3.8, 4) is 10.6 Å². The predicted octanol–water partition coefficient (Wildman–Crippen LogP) is 4.14. The second-order valence-corrected chi connectivity index (χ2v) is 6.37. The summed E-state index contributed by atoms with van der Waals surface area (Å²) in [7, 11) is 0. The number of hydrogen-bond acceptors (Lipinski definition) is 5. The van der Waals surface area contributed by atoms with E-state index in [1.807, 2.05) is 44.2 Å². The summed E-state index contributed by atoms with van der Waals surface area (Å²) < 4.78 is 0. The third kappa shape index (κ3) is 2.86. The van der Waals surface area contributed by atoms with Crippen molar-refractivity contribution in [2.75, 3.05) is 5.32 Å². The molecule has 3 aromatic rings. The Hall–Kier alpha value is -2.05. The summed E-state index contributed by atoms with van der Waals surface area (Å²) in [5.41, 5.74) is 4.32. The minimum atomic E-state index is -0.124. The van der Waals surface area contributed by atoms with Gasteiger partial charge < -0.3 is 5.32 Å². The molecule has 0 spiro atoms. The van der Waals surface area contributed by atoms with Gasteiger partial charge in [0.1, 0.15) is 14.9 Å². The molecule has 1 aromatic carbocycles. The van der Waals surface area contributed by atoms with Crippen LogP contribution in [0, 0.1) is 13.8 Å². The van der Waals surface area contributed by atoms with Gasteiger partial charge in [0, 0.05) is 5.56 Å². The zero-order valence-electron chi connectivity index (χ0n) is 11.6. The molecule has 4 nitrogen and oxygen atoms in total. The van der Waals surface area contributed by atoms with Gasteiger partial charge in [-0.15, -0.1) is 11.3 Å². The lowest BCUT2D eigenvalue weighted by Gasteiger charge is -2.01. The largest absolute Gasteiger partial charge is 0.311 e. The molecule has 1 N–H and O–H groups in total. The first-order valence-corrected chi connectivity index (χ1v) is 8.09. The molecule has 0 fully saturated rings. The van der Waals surface area contributed by atoms with Crippen molar-refractivity contribution in [3.05, 3.63) is 52.1 Å². The lowest BCUT2D eigenvalue weighted by atomic mass is 10.2. The highest BCUT2D eigenvalue weighted by molar-refractivity contribution is 7.19. The standard InChI is InChI=1S/C15H13N3OS2/c1-9-12(20-8-16-9)13(19)18-14-10(2)17-15(21-14)11-6-4-3-5-7-11/h3-8H,1-2H3,(H,18,19). The summed E-state index contributed by atoms with van der Waals surface area (Å²) >= 11 is 2.83. The van der Waals surface area contributed by atoms with Crippen molar-refractivity contribution in [2.45, 2.75) is 13.8 Å². The predicted molar refractivity (Wildman–Crippen MR) is 87.1 cm³/mol. The number of benzene rings is 1. The zero-order valence-corrected chi connectivity index (χ0v) is 13.2. The third-order valence-corrected chi connectivity index (χ3v) is 5.05. The van der Waals surface area contributed by atoms with Gasteiger partial charge in [0.2, 0.25) is 0 Å². The topological polar surface area (TPSA) is 54.9 Å². The molecule has 2 heterocycles. The van der Waals surface area contributed by atoms with Crippen LogP contribution in [0.25, 0.3) is 10.6 Å². The Bertz CT molecular complexity index is 777. The monoisotopic (exact) mass is 315 g/mol. The van der Waals surface area contributed by atoms with Crippen molar-refractivity contribution in [3.63, 3.8) is 0 Å². The van der Waals surface area contributed by atoms with E-state index in [4.69, 9.17) is 0 Å². The Labute approximate surface area is 130 Å². The van der Waals surface area contributed by atoms with Crippen LogP contribution in [0.15, 0.2) is 35.8 Å². The average molecular weight is 315 g/mol. The van der Waals surface area contributed by atoms with Gasteiger partial charge in [-0.25, -0.2) is 9.97 Å². The van der Waals surface area contributed by atoms with Crippen LogP contribution >= 0.6 is 22.7 Å². The normalized spacial score (nSPS) is 10.6. The van der Waals surface area contributed by atoms with Gasteiger partial charge in [-0.3, -0.25) is 4.79 Å². The van der Waals surface area contributed by atoms with E-state index in [1.165, 1.54) is 22.7 Å². The van der Waals surface area contributed by atoms with E-state index in [0.717, 1.165) is 27.0 Å². The highest BCUT2D eigenvalue weighted by atomic mass is 32.1. The quantitative estimate of drug-likeness (QED) is 0.790. The Morgan fingerprint density at radius 1 is 1.14 bits per heavy atom. The minimum absolute atomic E-state index is 0.124. The minimum Gasteiger partial charge on any atom is -0.311 e. The van der Waals surface area contributed by atoms with Gasteiger partial charge in [-0.2, -0.15) is 0 Å². The number of aryl methyl sites for hydroxylation is 2. The first-order valence-electron chi connectivity index (χ1n) is 6.39. The van der Waals surface area contributed by atoms with E-state index in [0.29, 0.717) is 4.88 Å². The van der Waals surface area contributed by atoms with Gasteiger partial charge in [0.25, 0.3) is 5.91 Å². The number of hydrogen-bond donors (Lipinski definition) is 1. The molecule has 0 unspecified atom stereocenters. The third-order valence-electron chi connectivity index (χ3n) is 3.00. The van der Waals surface area contributed by atoms with Gasteiger partial charge in [-0.1, -0.05) is 41.7 Å². The van der Waals surface area contributed by atoms with Gasteiger partial charge >= 0.3 is 0 Å². The number of rotatable bonds is 3. The maximum atomic E-state index is 12.2. The molecule has 3 rings (SSSR count). The van der Waals surface area contributed by atoms with E-state index in [2.05, 4.69) is 15.3 Å². The second-order valence-electron chi connectivity index (χ2n) is 4.52. The molecule has 0 radical (unpaired) electrons. The average Bonchev–Trinajstić information content (AvgIpc) is 3.07. The molecule has 0 aliphatic heterocycles. The van der Waals surface area contributed by atoms with Gasteiger partial charge in [-0.05, 0) is 13.8 Å². The number of thiazole rings is 2. The molecule has 1 amide bonds. The number of carbonyl (C=O) groups is 1. The van der Waals surface area contributed by atoms with Crippen molar-refractivity contribution in [1.29, 1.82) is 0 Å². The van der Waals surface area contributed by atoms with E-state index < -0.39 is 0 Å². The fraction of sp³-hybridized carbons (Fsp3) is 0.133. The molecule has 0 bridgehead atoms. The van der Waals surface area contributed by atoms with E-state index >= 15 is 0 Å². The summed E-state index contributed by atoms with van der Waals surface area (Å²) in [6, 6.07) is 9.95. The van der Waals surface area contributed by atoms with Crippen molar-refractivity contribution < 1.29 is 4.79 Å². The Morgan fingerprint density at radius 3 is 2.57 bits per heavy atom. The Morgan fingerprint density at radius 2 is 1.90 bits per heavy atom. The molecule has 0 aliphatic carbocycles. The highest BCUT2D eigenvalue weighted by Gasteiger charge is 2.16. The molecule has 0 saturated carbocycles. The van der Waals surface area contributed by atoms with Crippen LogP contribution in [0.3, 0.4) is 0 Å². The van der Waals surface area contributed by atoms with Gasteiger partial charge in [0.15, 0.2) is 0 Å². The first-order chi connectivity index (χ1) is 10.1. The van der Waals surface area contributed by atoms with Gasteiger partial charge in [0.05, 0.1) is 16.9 Å². The lowest BCUT2D eigenvalue weighted by Crippen LogP contribution is -2.11. The second kappa shape index (κ2) is 5.75. The van der Waals surface area contributed by atoms with Crippen LogP contribution in [0.5, 0.6) is 0 Å². The van der Waals surface area contributed by atoms with Crippen molar-refractivity contribution in [1.82, 2.24) is 9.97 Å². The van der Waals surface area contributed by atoms with Crippen molar-refractivity contribution in [2.24, 2.45) is 0 Å². The molecular formula is C15H13N3OS2. The molecule has 106 valence electrons. The Balaban J connectivity index is 1.86. The molecular weight excluding hydrogens is 302 g/mol. The van der Waals surface area contributed by atoms with Crippen LogP contribution in [-0.2, 0) is 0 Å². The number of amides is 1. The number of anilines is 1. The summed E-state index contributed by atoms with van der Waals surface area (Å²) in [6.07, 6.45) is 0. The molecule has 6 heteroatoms. The van der Waals surface area contributed by atoms with Crippen LogP contribution in [-0.4, -0.2) is 15.9 Å². The van der Waals surface area contributed by atoms with E-state index in [-0.39, 0.29) is 5.91 Å². The van der Waals surface area contributed by atoms with Crippen LogP contribution < -0.4 is 5.32 Å². The van der Waals surface area contributed by atoms with Crippen LogP contribution in [0.2, 0.25) is 0 Å². The highest BCUT2D eigenvalue weighted by Crippen LogP contribution is 2.32. The van der Waals surface area contributed by atoms with Crippen LogP contribution in [0.4, 0.5) is 5.00 Å². The number of nitrogens with one attached hydrogen (secondary N) is 1. The SMILES string of the molecule is Cc1nc(-c2ccccc2)sc1NC(=O)c1scnc1C. The fourth-order valence-electron chi connectivity index (χ4n) is 1.90. The molecule has 0 saturated heterocycles. The number of carbonyl (C=O) groups excluding carboxylic acids is 1. The molecule has 0 aliphatic rings. The summed E-state index contributed by atoms with van der Waals surface area (Å²) in [6.45, 7) is 3.73. The number of nitrogens with zero attached hydrogens (tertiary/aromatic N) is 2. The zero-order chi connectivity index (χ0) is 14.8. The van der Waals surface area contributed by atoms with Crippen molar-refractivity contribution >= 4 is 33.6 Å². The maximum absolute atomic E-state index is 12.2. The Kier molecular flexibility index (Phi) is 3.81. The fourth-order valence-corrected chi connectivity index (χ4v) is 3.56. The summed E-state index contributed by atoms with van der Waals surface area (Å²) in [5.74, 6) is -0.124. The maximum Gasteiger partial charge on any atom is 0.268 e. The molecule has 0 atom stereocenters. The smallest absolute Gasteiger partial charge is 0.268 e.